The van der Waals surface area contributed by atoms with Crippen molar-refractivity contribution in [3.63, 3.8) is 0 Å². The highest BCUT2D eigenvalue weighted by atomic mass is 19.1. The molecule has 0 amide bonds. The summed E-state index contributed by atoms with van der Waals surface area (Å²) in [5.41, 5.74) is 0.981. The summed E-state index contributed by atoms with van der Waals surface area (Å²) in [4.78, 5) is 10.3. The molecule has 0 aliphatic rings. The fraction of sp³-hybridized carbons (Fsp3) is 0.250. The van der Waals surface area contributed by atoms with Gasteiger partial charge in [-0.3, -0.25) is 0 Å². The first-order valence-electron chi connectivity index (χ1n) is 4.90. The molecule has 0 aliphatic heterocycles. The van der Waals surface area contributed by atoms with Gasteiger partial charge in [-0.05, 0) is 24.6 Å². The lowest BCUT2D eigenvalue weighted by atomic mass is 10.1. The first-order chi connectivity index (χ1) is 7.63. The van der Waals surface area contributed by atoms with Gasteiger partial charge < -0.3 is 9.84 Å². The summed E-state index contributed by atoms with van der Waals surface area (Å²) in [5, 5.41) is 8.41. The second-order valence-corrected chi connectivity index (χ2v) is 3.16. The zero-order chi connectivity index (χ0) is 12.0. The predicted octanol–water partition coefficient (Wildman–Crippen LogP) is 2.46. The first kappa shape index (κ1) is 12.4. The molecule has 0 unspecified atom stereocenters. The van der Waals surface area contributed by atoms with Crippen molar-refractivity contribution in [1.82, 2.24) is 0 Å². The van der Waals surface area contributed by atoms with Crippen molar-refractivity contribution in [1.29, 1.82) is 0 Å². The monoisotopic (exact) mass is 224 g/mol. The number of carboxylic acids is 1. The minimum absolute atomic E-state index is 0.227. The van der Waals surface area contributed by atoms with Crippen molar-refractivity contribution in [3.8, 4) is 0 Å². The highest BCUT2D eigenvalue weighted by molar-refractivity contribution is 5.85. The van der Waals surface area contributed by atoms with E-state index >= 15 is 0 Å². The molecule has 0 saturated heterocycles. The number of carboxylic acid groups (broad SMARTS) is 1. The van der Waals surface area contributed by atoms with Gasteiger partial charge in [0, 0.05) is 18.2 Å². The lowest BCUT2D eigenvalue weighted by molar-refractivity contribution is -0.131. The van der Waals surface area contributed by atoms with E-state index in [4.69, 9.17) is 9.84 Å². The molecular weight excluding hydrogens is 211 g/mol. The van der Waals surface area contributed by atoms with E-state index < -0.39 is 5.97 Å². The number of carbonyl (C=O) groups is 1. The van der Waals surface area contributed by atoms with Gasteiger partial charge in [-0.2, -0.15) is 0 Å². The van der Waals surface area contributed by atoms with Gasteiger partial charge in [-0.15, -0.1) is 0 Å². The highest BCUT2D eigenvalue weighted by Crippen LogP contribution is 2.12. The molecule has 16 heavy (non-hydrogen) atoms. The third-order valence-corrected chi connectivity index (χ3v) is 1.96. The minimum Gasteiger partial charge on any atom is -0.478 e. The van der Waals surface area contributed by atoms with Crippen LogP contribution in [0, 0.1) is 5.82 Å². The summed E-state index contributed by atoms with van der Waals surface area (Å²) in [6, 6.07) is 4.52. The van der Waals surface area contributed by atoms with E-state index in [1.165, 1.54) is 12.1 Å². The fourth-order valence-corrected chi connectivity index (χ4v) is 1.16. The first-order valence-corrected chi connectivity index (χ1v) is 4.90. The van der Waals surface area contributed by atoms with E-state index in [0.717, 1.165) is 6.08 Å². The summed E-state index contributed by atoms with van der Waals surface area (Å²) < 4.78 is 18.5. The van der Waals surface area contributed by atoms with Crippen LogP contribution in [-0.4, -0.2) is 17.7 Å². The summed E-state index contributed by atoms with van der Waals surface area (Å²) in [5.74, 6) is -1.44. The molecule has 1 aromatic carbocycles. The minimum atomic E-state index is -1.06. The Balaban J connectivity index is 2.78. The highest BCUT2D eigenvalue weighted by Gasteiger charge is 2.02. The summed E-state index contributed by atoms with van der Waals surface area (Å²) in [6.07, 6.45) is 2.31. The molecule has 3 nitrogen and oxygen atoms in total. The Morgan fingerprint density at radius 3 is 2.88 bits per heavy atom. The Morgan fingerprint density at radius 1 is 1.56 bits per heavy atom. The van der Waals surface area contributed by atoms with Crippen LogP contribution in [0.25, 0.3) is 6.08 Å². The van der Waals surface area contributed by atoms with E-state index in [1.807, 2.05) is 6.92 Å². The molecule has 0 saturated carbocycles. The summed E-state index contributed by atoms with van der Waals surface area (Å²) in [7, 11) is 0. The summed E-state index contributed by atoms with van der Waals surface area (Å²) >= 11 is 0. The van der Waals surface area contributed by atoms with E-state index in [1.54, 1.807) is 12.1 Å². The van der Waals surface area contributed by atoms with Gasteiger partial charge in [0.15, 0.2) is 0 Å². The second-order valence-electron chi connectivity index (χ2n) is 3.16. The van der Waals surface area contributed by atoms with Crippen LogP contribution in [-0.2, 0) is 16.1 Å². The molecule has 0 fully saturated rings. The molecule has 86 valence electrons. The van der Waals surface area contributed by atoms with Crippen molar-refractivity contribution in [3.05, 3.63) is 41.2 Å². The topological polar surface area (TPSA) is 46.5 Å². The fourth-order valence-electron chi connectivity index (χ4n) is 1.16. The summed E-state index contributed by atoms with van der Waals surface area (Å²) in [6.45, 7) is 2.59. The van der Waals surface area contributed by atoms with Gasteiger partial charge >= 0.3 is 5.97 Å². The van der Waals surface area contributed by atoms with Gasteiger partial charge in [0.25, 0.3) is 0 Å². The Kier molecular flexibility index (Phi) is 4.66. The number of ether oxygens (including phenoxy) is 1. The van der Waals surface area contributed by atoms with Crippen LogP contribution in [0.4, 0.5) is 4.39 Å². The zero-order valence-electron chi connectivity index (χ0n) is 8.94. The standard InChI is InChI=1S/C12H13FO3/c1-2-16-8-10-5-3-9(7-11(10)13)4-6-12(14)15/h3-7H,2,8H2,1H3,(H,14,15)/b6-4+. The number of rotatable bonds is 5. The maximum absolute atomic E-state index is 13.4. The van der Waals surface area contributed by atoms with E-state index in [2.05, 4.69) is 0 Å². The molecule has 0 atom stereocenters. The van der Waals surface area contributed by atoms with E-state index in [-0.39, 0.29) is 12.4 Å². The normalized spacial score (nSPS) is 10.9. The molecule has 0 spiro atoms. The number of halogens is 1. The SMILES string of the molecule is CCOCc1ccc(/C=C/C(=O)O)cc1F. The van der Waals surface area contributed by atoms with Crippen LogP contribution in [0.1, 0.15) is 18.1 Å². The van der Waals surface area contributed by atoms with Crippen LogP contribution < -0.4 is 0 Å². The lowest BCUT2D eigenvalue weighted by Gasteiger charge is -2.03. The number of aliphatic carboxylic acids is 1. The van der Waals surface area contributed by atoms with Crippen molar-refractivity contribution in [2.75, 3.05) is 6.61 Å². The van der Waals surface area contributed by atoms with Crippen LogP contribution in [0.15, 0.2) is 24.3 Å². The number of hydrogen-bond donors (Lipinski definition) is 1. The van der Waals surface area contributed by atoms with Gasteiger partial charge in [0.05, 0.1) is 6.61 Å². The second kappa shape index (κ2) is 6.02. The molecule has 0 aromatic heterocycles. The third-order valence-electron chi connectivity index (χ3n) is 1.96. The van der Waals surface area contributed by atoms with Gasteiger partial charge in [0.2, 0.25) is 0 Å². The number of hydrogen-bond acceptors (Lipinski definition) is 2. The Hall–Kier alpha value is -1.68. The van der Waals surface area contributed by atoms with Crippen LogP contribution >= 0.6 is 0 Å². The number of benzene rings is 1. The van der Waals surface area contributed by atoms with Crippen LogP contribution in [0.2, 0.25) is 0 Å². The molecule has 0 heterocycles. The molecule has 1 N–H and O–H groups in total. The average molecular weight is 224 g/mol. The quantitative estimate of drug-likeness (QED) is 0.781. The molecule has 0 radical (unpaired) electrons. The van der Waals surface area contributed by atoms with Gasteiger partial charge in [-0.1, -0.05) is 12.1 Å². The van der Waals surface area contributed by atoms with Crippen molar-refractivity contribution in [2.24, 2.45) is 0 Å². The van der Waals surface area contributed by atoms with Crippen LogP contribution in [0.5, 0.6) is 0 Å². The predicted molar refractivity (Wildman–Crippen MR) is 58.4 cm³/mol. The lowest BCUT2D eigenvalue weighted by Crippen LogP contribution is -1.96. The molecule has 4 heteroatoms. The largest absolute Gasteiger partial charge is 0.478 e. The smallest absolute Gasteiger partial charge is 0.328 e. The van der Waals surface area contributed by atoms with Crippen molar-refractivity contribution < 1.29 is 19.0 Å². The molecule has 1 aromatic rings. The van der Waals surface area contributed by atoms with Crippen molar-refractivity contribution >= 4 is 12.0 Å². The molecule has 1 rings (SSSR count). The molecular formula is C12H13FO3. The zero-order valence-corrected chi connectivity index (χ0v) is 8.94. The molecule has 0 aliphatic carbocycles. The third kappa shape index (κ3) is 3.82. The van der Waals surface area contributed by atoms with E-state index in [0.29, 0.717) is 17.7 Å². The van der Waals surface area contributed by atoms with Gasteiger partial charge in [-0.25, -0.2) is 9.18 Å². The van der Waals surface area contributed by atoms with E-state index in [9.17, 15) is 9.18 Å². The molecule has 0 bridgehead atoms. The maximum Gasteiger partial charge on any atom is 0.328 e. The maximum atomic E-state index is 13.4. The Morgan fingerprint density at radius 2 is 2.31 bits per heavy atom. The Bertz CT molecular complexity index is 399. The Labute approximate surface area is 93.2 Å². The van der Waals surface area contributed by atoms with Gasteiger partial charge in [0.1, 0.15) is 5.82 Å². The van der Waals surface area contributed by atoms with Crippen molar-refractivity contribution in [2.45, 2.75) is 13.5 Å². The van der Waals surface area contributed by atoms with Crippen LogP contribution in [0.3, 0.4) is 0 Å². The average Bonchev–Trinajstić information content (AvgIpc) is 2.25.